The van der Waals surface area contributed by atoms with Crippen molar-refractivity contribution in [3.63, 3.8) is 0 Å². The van der Waals surface area contributed by atoms with Crippen LogP contribution < -0.4 is 0 Å². The minimum Gasteiger partial charge on any atom is -0.465 e. The van der Waals surface area contributed by atoms with Crippen molar-refractivity contribution in [2.75, 3.05) is 13.7 Å². The van der Waals surface area contributed by atoms with Crippen LogP contribution in [0.15, 0.2) is 48.5 Å². The number of rotatable bonds is 6. The van der Waals surface area contributed by atoms with Crippen LogP contribution in [0.2, 0.25) is 5.02 Å². The molecule has 1 amide bonds. The highest BCUT2D eigenvalue weighted by atomic mass is 35.5. The van der Waals surface area contributed by atoms with Crippen LogP contribution in [0.4, 0.5) is 0 Å². The molecular formula is C22H20ClNO5. The van der Waals surface area contributed by atoms with Gasteiger partial charge in [0.15, 0.2) is 0 Å². The normalized spacial score (nSPS) is 18.8. The molecule has 6 nitrogen and oxygen atoms in total. The second kappa shape index (κ2) is 8.57. The van der Waals surface area contributed by atoms with E-state index in [1.165, 1.54) is 18.9 Å². The lowest BCUT2D eigenvalue weighted by atomic mass is 9.89. The molecule has 3 rings (SSSR count). The van der Waals surface area contributed by atoms with Crippen molar-refractivity contribution < 1.29 is 23.9 Å². The molecule has 150 valence electrons. The van der Waals surface area contributed by atoms with Gasteiger partial charge in [0.05, 0.1) is 18.7 Å². The van der Waals surface area contributed by atoms with Crippen LogP contribution in [0.3, 0.4) is 0 Å². The molecule has 1 saturated heterocycles. The molecule has 2 atom stereocenters. The molecule has 29 heavy (non-hydrogen) atoms. The van der Waals surface area contributed by atoms with Crippen molar-refractivity contribution in [3.05, 3.63) is 70.2 Å². The Bertz CT molecular complexity index is 969. The number of esters is 1. The van der Waals surface area contributed by atoms with Gasteiger partial charge in [-0.3, -0.25) is 14.4 Å². The average molecular weight is 414 g/mol. The molecule has 0 N–H and O–H groups in total. The SMILES string of the molecule is COC(=O)c1ccc(C2C(C(C)=O)C(=O)C(=O)N2CCc2cccc(Cl)c2)cc1. The van der Waals surface area contributed by atoms with E-state index in [0.29, 0.717) is 22.6 Å². The highest BCUT2D eigenvalue weighted by Crippen LogP contribution is 2.37. The average Bonchev–Trinajstić information content (AvgIpc) is 2.96. The maximum absolute atomic E-state index is 12.6. The van der Waals surface area contributed by atoms with Gasteiger partial charge >= 0.3 is 5.97 Å². The molecule has 1 aliphatic rings. The van der Waals surface area contributed by atoms with Crippen molar-refractivity contribution in [1.82, 2.24) is 4.90 Å². The van der Waals surface area contributed by atoms with Crippen LogP contribution in [0.25, 0.3) is 0 Å². The molecule has 0 aliphatic carbocycles. The summed E-state index contributed by atoms with van der Waals surface area (Å²) in [6.45, 7) is 1.57. The van der Waals surface area contributed by atoms with Crippen molar-refractivity contribution in [2.45, 2.75) is 19.4 Å². The Morgan fingerprint density at radius 2 is 1.79 bits per heavy atom. The molecule has 1 heterocycles. The largest absolute Gasteiger partial charge is 0.465 e. The van der Waals surface area contributed by atoms with E-state index in [1.807, 2.05) is 12.1 Å². The quantitative estimate of drug-likeness (QED) is 0.413. The van der Waals surface area contributed by atoms with Crippen molar-refractivity contribution in [3.8, 4) is 0 Å². The number of nitrogens with zero attached hydrogens (tertiary/aromatic N) is 1. The van der Waals surface area contributed by atoms with Gasteiger partial charge in [0.25, 0.3) is 5.91 Å². The lowest BCUT2D eigenvalue weighted by molar-refractivity contribution is -0.142. The van der Waals surface area contributed by atoms with Gasteiger partial charge in [-0.25, -0.2) is 4.79 Å². The monoisotopic (exact) mass is 413 g/mol. The number of halogens is 1. The van der Waals surface area contributed by atoms with Gasteiger partial charge in [-0.1, -0.05) is 35.9 Å². The van der Waals surface area contributed by atoms with Crippen molar-refractivity contribution in [1.29, 1.82) is 0 Å². The second-order valence-corrected chi connectivity index (χ2v) is 7.33. The fourth-order valence-electron chi connectivity index (χ4n) is 3.62. The molecule has 0 spiro atoms. The fraction of sp³-hybridized carbons (Fsp3) is 0.273. The predicted octanol–water partition coefficient (Wildman–Crippen LogP) is 3.03. The maximum Gasteiger partial charge on any atom is 0.337 e. The third-order valence-corrected chi connectivity index (χ3v) is 5.28. The molecule has 0 bridgehead atoms. The summed E-state index contributed by atoms with van der Waals surface area (Å²) in [6.07, 6.45) is 0.487. The number of benzene rings is 2. The summed E-state index contributed by atoms with van der Waals surface area (Å²) < 4.78 is 4.69. The Labute approximate surface area is 173 Å². The van der Waals surface area contributed by atoms with E-state index in [9.17, 15) is 19.2 Å². The number of likely N-dealkylation sites (tertiary alicyclic amines) is 1. The maximum atomic E-state index is 12.6. The van der Waals surface area contributed by atoms with Crippen LogP contribution in [-0.4, -0.2) is 42.0 Å². The number of ether oxygens (including phenoxy) is 1. The molecule has 0 aromatic heterocycles. The van der Waals surface area contributed by atoms with Crippen molar-refractivity contribution >= 4 is 35.0 Å². The van der Waals surface area contributed by atoms with Crippen LogP contribution in [0, 0.1) is 5.92 Å². The Morgan fingerprint density at radius 3 is 2.38 bits per heavy atom. The highest BCUT2D eigenvalue weighted by molar-refractivity contribution is 6.42. The van der Waals surface area contributed by atoms with E-state index in [-0.39, 0.29) is 12.3 Å². The molecule has 1 aliphatic heterocycles. The van der Waals surface area contributed by atoms with E-state index in [0.717, 1.165) is 5.56 Å². The van der Waals surface area contributed by atoms with Gasteiger partial charge in [0, 0.05) is 11.6 Å². The van der Waals surface area contributed by atoms with E-state index in [1.54, 1.807) is 36.4 Å². The molecule has 2 unspecified atom stereocenters. The summed E-state index contributed by atoms with van der Waals surface area (Å²) in [5.74, 6) is -3.29. The van der Waals surface area contributed by atoms with Gasteiger partial charge < -0.3 is 9.64 Å². The lowest BCUT2D eigenvalue weighted by Gasteiger charge is -2.27. The molecule has 0 saturated carbocycles. The number of carbonyl (C=O) groups excluding carboxylic acids is 4. The minimum atomic E-state index is -1.06. The minimum absolute atomic E-state index is 0.262. The van der Waals surface area contributed by atoms with Crippen molar-refractivity contribution in [2.24, 2.45) is 5.92 Å². The second-order valence-electron chi connectivity index (χ2n) is 6.89. The zero-order valence-electron chi connectivity index (χ0n) is 16.1. The van der Waals surface area contributed by atoms with E-state index in [2.05, 4.69) is 0 Å². The first-order valence-electron chi connectivity index (χ1n) is 9.11. The zero-order chi connectivity index (χ0) is 21.1. The van der Waals surface area contributed by atoms with Gasteiger partial charge in [-0.15, -0.1) is 0 Å². The van der Waals surface area contributed by atoms with E-state index < -0.39 is 29.6 Å². The molecule has 2 aromatic carbocycles. The summed E-state index contributed by atoms with van der Waals surface area (Å²) in [7, 11) is 1.29. The smallest absolute Gasteiger partial charge is 0.337 e. The third kappa shape index (κ3) is 4.22. The van der Waals surface area contributed by atoms with Crippen LogP contribution in [-0.2, 0) is 25.5 Å². The first-order valence-corrected chi connectivity index (χ1v) is 9.49. The van der Waals surface area contributed by atoms with Gasteiger partial charge in [0.1, 0.15) is 11.7 Å². The number of amides is 1. The number of carbonyl (C=O) groups is 4. The van der Waals surface area contributed by atoms with Gasteiger partial charge in [-0.2, -0.15) is 0 Å². The number of Topliss-reactive ketones (excluding diaryl/α,β-unsaturated/α-hetero) is 2. The van der Waals surface area contributed by atoms with Gasteiger partial charge in [-0.05, 0) is 48.7 Å². The number of ketones is 2. The first kappa shape index (κ1) is 20.7. The third-order valence-electron chi connectivity index (χ3n) is 5.05. The van der Waals surface area contributed by atoms with Crippen LogP contribution >= 0.6 is 11.6 Å². The Balaban J connectivity index is 1.92. The van der Waals surface area contributed by atoms with Gasteiger partial charge in [0.2, 0.25) is 5.78 Å². The molecule has 7 heteroatoms. The lowest BCUT2D eigenvalue weighted by Crippen LogP contribution is -2.32. The Kier molecular flexibility index (Phi) is 6.13. The predicted molar refractivity (Wildman–Crippen MR) is 107 cm³/mol. The number of hydrogen-bond donors (Lipinski definition) is 0. The summed E-state index contributed by atoms with van der Waals surface area (Å²) in [5, 5.41) is 0.586. The number of methoxy groups -OCH3 is 1. The van der Waals surface area contributed by atoms with E-state index >= 15 is 0 Å². The molecule has 1 fully saturated rings. The van der Waals surface area contributed by atoms with Crippen LogP contribution in [0.1, 0.15) is 34.5 Å². The molecule has 0 radical (unpaired) electrons. The zero-order valence-corrected chi connectivity index (χ0v) is 16.8. The first-order chi connectivity index (χ1) is 13.8. The standard InChI is InChI=1S/C22H20ClNO5/c1-13(25)18-19(15-6-8-16(9-7-15)22(28)29-2)24(21(27)20(18)26)11-10-14-4-3-5-17(23)12-14/h3-9,12,18-19H,10-11H2,1-2H3. The summed E-state index contributed by atoms with van der Waals surface area (Å²) in [5.41, 5.74) is 1.88. The fourth-order valence-corrected chi connectivity index (χ4v) is 3.83. The number of hydrogen-bond acceptors (Lipinski definition) is 5. The summed E-state index contributed by atoms with van der Waals surface area (Å²) in [6, 6.07) is 12.9. The Hall–Kier alpha value is -2.99. The topological polar surface area (TPSA) is 80.8 Å². The summed E-state index contributed by atoms with van der Waals surface area (Å²) in [4.78, 5) is 50.4. The molecular weight excluding hydrogens is 394 g/mol. The van der Waals surface area contributed by atoms with E-state index in [4.69, 9.17) is 16.3 Å². The van der Waals surface area contributed by atoms with Crippen LogP contribution in [0.5, 0.6) is 0 Å². The Morgan fingerprint density at radius 1 is 1.10 bits per heavy atom. The summed E-state index contributed by atoms with van der Waals surface area (Å²) >= 11 is 6.02. The highest BCUT2D eigenvalue weighted by Gasteiger charge is 2.49. The molecule has 2 aromatic rings.